The van der Waals surface area contributed by atoms with Gasteiger partial charge in [-0.15, -0.1) is 0 Å². The fraction of sp³-hybridized carbons (Fsp3) is 0.130. The second kappa shape index (κ2) is 5.95. The van der Waals surface area contributed by atoms with Crippen LogP contribution in [0.5, 0.6) is 0 Å². The minimum absolute atomic E-state index is 0.371. The van der Waals surface area contributed by atoms with Crippen LogP contribution in [-0.2, 0) is 7.05 Å². The van der Waals surface area contributed by atoms with Crippen LogP contribution >= 0.6 is 0 Å². The maximum atomic E-state index is 12.3. The summed E-state index contributed by atoms with van der Waals surface area (Å²) in [4.78, 5) is 12.3. The Hall–Kier alpha value is -3.20. The fourth-order valence-electron chi connectivity index (χ4n) is 3.82. The zero-order valence-electron chi connectivity index (χ0n) is 15.1. The average Bonchev–Trinajstić information content (AvgIpc) is 2.63. The number of pyridine rings is 1. The van der Waals surface area contributed by atoms with Crippen molar-refractivity contribution in [3.8, 4) is 11.1 Å². The monoisotopic (exact) mass is 342 g/mol. The first kappa shape index (κ1) is 16.3. The van der Waals surface area contributed by atoms with E-state index in [1.165, 1.54) is 0 Å². The van der Waals surface area contributed by atoms with E-state index in [9.17, 15) is 9.90 Å². The Bertz CT molecular complexity index is 1180. The number of hydrogen-bond acceptors (Lipinski definition) is 1. The number of aromatic carboxylic acids is 1. The highest BCUT2D eigenvalue weighted by Crippen LogP contribution is 2.35. The summed E-state index contributed by atoms with van der Waals surface area (Å²) in [5.41, 5.74) is 6.42. The predicted molar refractivity (Wildman–Crippen MR) is 104 cm³/mol. The molecule has 4 rings (SSSR count). The molecule has 0 radical (unpaired) electrons. The highest BCUT2D eigenvalue weighted by Gasteiger charge is 2.25. The lowest BCUT2D eigenvalue weighted by molar-refractivity contribution is -0.617. The van der Waals surface area contributed by atoms with Gasteiger partial charge in [-0.1, -0.05) is 42.5 Å². The third-order valence-electron chi connectivity index (χ3n) is 5.06. The Labute approximate surface area is 152 Å². The largest absolute Gasteiger partial charge is 0.478 e. The molecule has 3 nitrogen and oxygen atoms in total. The number of carboxylic acids is 1. The first-order valence-electron chi connectivity index (χ1n) is 8.63. The van der Waals surface area contributed by atoms with Gasteiger partial charge >= 0.3 is 5.97 Å². The van der Waals surface area contributed by atoms with E-state index in [-0.39, 0.29) is 0 Å². The van der Waals surface area contributed by atoms with E-state index in [0.29, 0.717) is 5.56 Å². The van der Waals surface area contributed by atoms with E-state index in [2.05, 4.69) is 10.6 Å². The number of fused-ring (bicyclic) bond motifs is 2. The highest BCUT2D eigenvalue weighted by atomic mass is 16.4. The van der Waals surface area contributed by atoms with Crippen molar-refractivity contribution in [2.75, 3.05) is 0 Å². The van der Waals surface area contributed by atoms with Gasteiger partial charge in [0, 0.05) is 12.1 Å². The number of nitrogens with zero attached hydrogens (tertiary/aromatic N) is 1. The van der Waals surface area contributed by atoms with Crippen molar-refractivity contribution in [1.82, 2.24) is 0 Å². The average molecular weight is 342 g/mol. The Morgan fingerprint density at radius 2 is 1.65 bits per heavy atom. The first-order chi connectivity index (χ1) is 12.5. The molecule has 3 aromatic carbocycles. The summed E-state index contributed by atoms with van der Waals surface area (Å²) in [5, 5.41) is 11.7. The van der Waals surface area contributed by atoms with E-state index < -0.39 is 5.97 Å². The Morgan fingerprint density at radius 1 is 0.923 bits per heavy atom. The SMILES string of the molecule is Cc1ccc2c(C(=O)O)c3c(-c4ccccc4)c(C)ccc3[n+](C)c2c1. The maximum Gasteiger partial charge on any atom is 0.337 e. The molecular formula is C23H20NO2+. The standard InChI is InChI=1S/C23H19NO2/c1-14-9-11-17-19(13-14)24(3)18-12-10-15(2)20(16-7-5-4-6-8-16)22(18)21(17)23(25)26/h4-13H,1-3H3/p+1. The number of rotatable bonds is 2. The van der Waals surface area contributed by atoms with Crippen molar-refractivity contribution >= 4 is 27.8 Å². The molecule has 0 atom stereocenters. The van der Waals surface area contributed by atoms with Gasteiger partial charge in [-0.2, -0.15) is 4.57 Å². The molecule has 1 aromatic heterocycles. The molecule has 0 saturated carbocycles. The number of carboxylic acid groups (broad SMARTS) is 1. The lowest BCUT2D eigenvalue weighted by atomic mass is 9.91. The summed E-state index contributed by atoms with van der Waals surface area (Å²) in [6.07, 6.45) is 0. The zero-order chi connectivity index (χ0) is 18.4. The molecule has 0 aliphatic rings. The van der Waals surface area contributed by atoms with Gasteiger partial charge in [0.05, 0.1) is 16.3 Å². The number of carbonyl (C=O) groups is 1. The van der Waals surface area contributed by atoms with Gasteiger partial charge in [-0.3, -0.25) is 0 Å². The first-order valence-corrected chi connectivity index (χ1v) is 8.63. The number of benzene rings is 3. The molecule has 0 aliphatic heterocycles. The molecule has 26 heavy (non-hydrogen) atoms. The minimum Gasteiger partial charge on any atom is -0.478 e. The summed E-state index contributed by atoms with van der Waals surface area (Å²) < 4.78 is 2.09. The molecule has 0 bridgehead atoms. The summed E-state index contributed by atoms with van der Waals surface area (Å²) >= 11 is 0. The second-order valence-electron chi connectivity index (χ2n) is 6.78. The molecule has 0 aliphatic carbocycles. The van der Waals surface area contributed by atoms with Gasteiger partial charge in [0.15, 0.2) is 0 Å². The summed E-state index contributed by atoms with van der Waals surface area (Å²) in [7, 11) is 2.00. The van der Waals surface area contributed by atoms with Crippen LogP contribution in [0, 0.1) is 13.8 Å². The van der Waals surface area contributed by atoms with Gasteiger partial charge in [-0.25, -0.2) is 4.79 Å². The Kier molecular flexibility index (Phi) is 3.73. The molecule has 1 N–H and O–H groups in total. The number of hydrogen-bond donors (Lipinski definition) is 1. The van der Waals surface area contributed by atoms with E-state index >= 15 is 0 Å². The highest BCUT2D eigenvalue weighted by molar-refractivity contribution is 6.16. The van der Waals surface area contributed by atoms with Gasteiger partial charge in [0.1, 0.15) is 7.05 Å². The second-order valence-corrected chi connectivity index (χ2v) is 6.78. The molecule has 4 aromatic rings. The van der Waals surface area contributed by atoms with Crippen LogP contribution in [0.15, 0.2) is 60.7 Å². The molecule has 1 heterocycles. The smallest absolute Gasteiger partial charge is 0.337 e. The van der Waals surface area contributed by atoms with E-state index in [1.807, 2.05) is 75.5 Å². The lowest BCUT2D eigenvalue weighted by Crippen LogP contribution is -2.31. The molecule has 0 unspecified atom stereocenters. The fourth-order valence-corrected chi connectivity index (χ4v) is 3.82. The van der Waals surface area contributed by atoms with Crippen molar-refractivity contribution in [1.29, 1.82) is 0 Å². The zero-order valence-corrected chi connectivity index (χ0v) is 15.1. The molecule has 0 spiro atoms. The third-order valence-corrected chi connectivity index (χ3v) is 5.06. The van der Waals surface area contributed by atoms with Gasteiger partial charge < -0.3 is 5.11 Å². The van der Waals surface area contributed by atoms with Crippen LogP contribution in [0.2, 0.25) is 0 Å². The van der Waals surface area contributed by atoms with Gasteiger partial charge in [0.25, 0.3) is 0 Å². The maximum absolute atomic E-state index is 12.3. The lowest BCUT2D eigenvalue weighted by Gasteiger charge is -2.14. The van der Waals surface area contributed by atoms with E-state index in [0.717, 1.165) is 44.1 Å². The number of aryl methyl sites for hydroxylation is 3. The van der Waals surface area contributed by atoms with Crippen LogP contribution < -0.4 is 4.57 Å². The van der Waals surface area contributed by atoms with E-state index in [1.54, 1.807) is 0 Å². The molecule has 0 saturated heterocycles. The quantitative estimate of drug-likeness (QED) is 0.420. The van der Waals surface area contributed by atoms with Crippen molar-refractivity contribution in [3.05, 3.63) is 77.4 Å². The summed E-state index contributed by atoms with van der Waals surface area (Å²) in [6, 6.07) is 20.0. The Morgan fingerprint density at radius 3 is 2.35 bits per heavy atom. The van der Waals surface area contributed by atoms with Crippen LogP contribution in [0.1, 0.15) is 21.5 Å². The van der Waals surface area contributed by atoms with Crippen LogP contribution in [0.25, 0.3) is 32.9 Å². The molecule has 0 fully saturated rings. The van der Waals surface area contributed by atoms with Crippen molar-refractivity contribution in [2.45, 2.75) is 13.8 Å². The Balaban J connectivity index is 2.31. The molecular weight excluding hydrogens is 322 g/mol. The molecule has 128 valence electrons. The molecule has 3 heteroatoms. The summed E-state index contributed by atoms with van der Waals surface area (Å²) in [6.45, 7) is 4.06. The van der Waals surface area contributed by atoms with Crippen molar-refractivity contribution in [3.63, 3.8) is 0 Å². The van der Waals surface area contributed by atoms with Gasteiger partial charge in [0.2, 0.25) is 11.0 Å². The van der Waals surface area contributed by atoms with Crippen LogP contribution in [0.3, 0.4) is 0 Å². The van der Waals surface area contributed by atoms with Crippen LogP contribution in [-0.4, -0.2) is 11.1 Å². The third kappa shape index (κ3) is 2.36. The van der Waals surface area contributed by atoms with Crippen molar-refractivity contribution in [2.24, 2.45) is 7.05 Å². The van der Waals surface area contributed by atoms with Crippen molar-refractivity contribution < 1.29 is 14.5 Å². The summed E-state index contributed by atoms with van der Waals surface area (Å²) in [5.74, 6) is -0.896. The normalized spacial score (nSPS) is 11.2. The minimum atomic E-state index is -0.896. The predicted octanol–water partition coefficient (Wildman–Crippen LogP) is 4.80. The number of aromatic nitrogens is 1. The van der Waals surface area contributed by atoms with Crippen LogP contribution in [0.4, 0.5) is 0 Å². The topological polar surface area (TPSA) is 41.2 Å². The van der Waals surface area contributed by atoms with E-state index in [4.69, 9.17) is 0 Å². The van der Waals surface area contributed by atoms with Gasteiger partial charge in [-0.05, 0) is 42.2 Å². The molecule has 0 amide bonds.